The molecule has 2 aromatic carbocycles. The van der Waals surface area contributed by atoms with Gasteiger partial charge < -0.3 is 0 Å². The number of benzene rings is 2. The Labute approximate surface area is 122 Å². The van der Waals surface area contributed by atoms with Crippen molar-refractivity contribution in [1.29, 1.82) is 0 Å². The van der Waals surface area contributed by atoms with Gasteiger partial charge in [0.1, 0.15) is 4.90 Å². The van der Waals surface area contributed by atoms with Gasteiger partial charge in [-0.2, -0.15) is 0 Å². The second-order valence-corrected chi connectivity index (χ2v) is 6.80. The average molecular weight is 306 g/mol. The molecule has 0 unspecified atom stereocenters. The number of aromatic nitrogens is 1. The zero-order valence-corrected chi connectivity index (χ0v) is 12.3. The van der Waals surface area contributed by atoms with Crippen LogP contribution in [0.5, 0.6) is 0 Å². The van der Waals surface area contributed by atoms with Gasteiger partial charge in [-0.05, 0) is 36.8 Å². The van der Waals surface area contributed by atoms with Gasteiger partial charge >= 0.3 is 0 Å². The van der Waals surface area contributed by atoms with Gasteiger partial charge in [0.2, 0.25) is 0 Å². The maximum Gasteiger partial charge on any atom is 0.269 e. The maximum atomic E-state index is 12.7. The third-order valence-electron chi connectivity index (χ3n) is 3.19. The van der Waals surface area contributed by atoms with E-state index in [-0.39, 0.29) is 9.92 Å². The van der Waals surface area contributed by atoms with Crippen molar-refractivity contribution >= 4 is 32.5 Å². The lowest BCUT2D eigenvalue weighted by atomic mass is 10.2. The highest BCUT2D eigenvalue weighted by Crippen LogP contribution is 2.27. The summed E-state index contributed by atoms with van der Waals surface area (Å²) in [7, 11) is -3.68. The third kappa shape index (κ3) is 2.01. The highest BCUT2D eigenvalue weighted by molar-refractivity contribution is 7.90. The van der Waals surface area contributed by atoms with E-state index in [2.05, 4.69) is 0 Å². The minimum atomic E-state index is -3.68. The first-order chi connectivity index (χ1) is 9.50. The molecular weight excluding hydrogens is 294 g/mol. The summed E-state index contributed by atoms with van der Waals surface area (Å²) in [6.07, 6.45) is 1.55. The molecule has 0 radical (unpaired) electrons. The average Bonchev–Trinajstić information content (AvgIpc) is 2.82. The minimum absolute atomic E-state index is 0.117. The normalized spacial score (nSPS) is 11.9. The van der Waals surface area contributed by atoms with Gasteiger partial charge in [0.15, 0.2) is 0 Å². The van der Waals surface area contributed by atoms with E-state index in [0.29, 0.717) is 5.52 Å². The summed E-state index contributed by atoms with van der Waals surface area (Å²) < 4.78 is 26.7. The number of aryl methyl sites for hydroxylation is 1. The van der Waals surface area contributed by atoms with Crippen molar-refractivity contribution in [3.8, 4) is 0 Å². The number of fused-ring (bicyclic) bond motifs is 1. The van der Waals surface area contributed by atoms with Crippen molar-refractivity contribution in [2.75, 3.05) is 0 Å². The van der Waals surface area contributed by atoms with Crippen LogP contribution < -0.4 is 0 Å². The molecule has 0 aliphatic rings. The lowest BCUT2D eigenvalue weighted by Crippen LogP contribution is -2.12. The Bertz CT molecular complexity index is 897. The van der Waals surface area contributed by atoms with Crippen molar-refractivity contribution in [2.45, 2.75) is 11.8 Å². The Morgan fingerprint density at radius 1 is 1.05 bits per heavy atom. The SMILES string of the molecule is Cc1ccc(S(=O)(=O)n2ccc3ccccc32)c(Cl)c1. The van der Waals surface area contributed by atoms with Gasteiger partial charge in [-0.3, -0.25) is 0 Å². The molecule has 0 saturated heterocycles. The fraction of sp³-hybridized carbons (Fsp3) is 0.0667. The Morgan fingerprint density at radius 3 is 2.55 bits per heavy atom. The molecule has 0 aliphatic heterocycles. The van der Waals surface area contributed by atoms with Gasteiger partial charge in [-0.15, -0.1) is 0 Å². The highest BCUT2D eigenvalue weighted by Gasteiger charge is 2.21. The fourth-order valence-electron chi connectivity index (χ4n) is 2.19. The first-order valence-corrected chi connectivity index (χ1v) is 7.90. The predicted molar refractivity (Wildman–Crippen MR) is 80.7 cm³/mol. The standard InChI is InChI=1S/C15H12ClNO2S/c1-11-6-7-15(13(16)10-11)20(18,19)17-9-8-12-4-2-3-5-14(12)17/h2-10H,1H3. The van der Waals surface area contributed by atoms with Crippen molar-refractivity contribution in [2.24, 2.45) is 0 Å². The van der Waals surface area contributed by atoms with Crippen LogP contribution >= 0.6 is 11.6 Å². The molecule has 1 aromatic heterocycles. The third-order valence-corrected chi connectivity index (χ3v) is 5.36. The summed E-state index contributed by atoms with van der Waals surface area (Å²) >= 11 is 6.09. The molecule has 0 fully saturated rings. The Hall–Kier alpha value is -1.78. The highest BCUT2D eigenvalue weighted by atomic mass is 35.5. The van der Waals surface area contributed by atoms with Gasteiger partial charge in [0.25, 0.3) is 10.0 Å². The van der Waals surface area contributed by atoms with E-state index in [0.717, 1.165) is 10.9 Å². The predicted octanol–water partition coefficient (Wildman–Crippen LogP) is 3.84. The van der Waals surface area contributed by atoms with Crippen LogP contribution in [0.2, 0.25) is 5.02 Å². The molecule has 0 N–H and O–H groups in total. The Morgan fingerprint density at radius 2 is 1.80 bits per heavy atom. The number of hydrogen-bond acceptors (Lipinski definition) is 2. The van der Waals surface area contributed by atoms with E-state index >= 15 is 0 Å². The molecular formula is C15H12ClNO2S. The van der Waals surface area contributed by atoms with Crippen LogP contribution in [0.15, 0.2) is 59.6 Å². The molecule has 0 bridgehead atoms. The first-order valence-electron chi connectivity index (χ1n) is 6.08. The molecule has 0 atom stereocenters. The zero-order chi connectivity index (χ0) is 14.3. The zero-order valence-electron chi connectivity index (χ0n) is 10.7. The summed E-state index contributed by atoms with van der Waals surface area (Å²) in [5.74, 6) is 0. The first kappa shape index (κ1) is 13.2. The molecule has 0 spiro atoms. The quantitative estimate of drug-likeness (QED) is 0.721. The molecule has 3 rings (SSSR count). The van der Waals surface area contributed by atoms with E-state index in [1.54, 1.807) is 36.5 Å². The van der Waals surface area contributed by atoms with Crippen molar-refractivity contribution < 1.29 is 8.42 Å². The second-order valence-electron chi connectivity index (χ2n) is 4.61. The number of hydrogen-bond donors (Lipinski definition) is 0. The molecule has 3 aromatic rings. The number of rotatable bonds is 2. The van der Waals surface area contributed by atoms with Crippen LogP contribution in [0.4, 0.5) is 0 Å². The molecule has 0 amide bonds. The summed E-state index contributed by atoms with van der Waals surface area (Å²) in [6, 6.07) is 14.0. The number of nitrogens with zero attached hydrogens (tertiary/aromatic N) is 1. The van der Waals surface area contributed by atoms with E-state index < -0.39 is 10.0 Å². The van der Waals surface area contributed by atoms with Gasteiger partial charge in [0.05, 0.1) is 10.5 Å². The molecule has 0 saturated carbocycles. The van der Waals surface area contributed by atoms with Crippen LogP contribution in [0.3, 0.4) is 0 Å². The summed E-state index contributed by atoms with van der Waals surface area (Å²) in [6.45, 7) is 1.87. The lowest BCUT2D eigenvalue weighted by Gasteiger charge is -2.09. The van der Waals surface area contributed by atoms with Crippen LogP contribution in [0.25, 0.3) is 10.9 Å². The largest absolute Gasteiger partial charge is 0.269 e. The summed E-state index contributed by atoms with van der Waals surface area (Å²) in [5, 5.41) is 1.11. The van der Waals surface area contributed by atoms with E-state index in [4.69, 9.17) is 11.6 Å². The van der Waals surface area contributed by atoms with Crippen molar-refractivity contribution in [1.82, 2.24) is 3.97 Å². The lowest BCUT2D eigenvalue weighted by molar-refractivity contribution is 0.589. The van der Waals surface area contributed by atoms with Crippen LogP contribution in [0.1, 0.15) is 5.56 Å². The summed E-state index contributed by atoms with van der Waals surface area (Å²) in [4.78, 5) is 0.117. The Kier molecular flexibility index (Phi) is 3.07. The van der Waals surface area contributed by atoms with Crippen molar-refractivity contribution in [3.63, 3.8) is 0 Å². The van der Waals surface area contributed by atoms with Gasteiger partial charge in [-0.1, -0.05) is 35.9 Å². The number of halogens is 1. The van der Waals surface area contributed by atoms with E-state index in [1.807, 2.05) is 25.1 Å². The van der Waals surface area contributed by atoms with E-state index in [9.17, 15) is 8.42 Å². The smallest absolute Gasteiger partial charge is 0.241 e. The maximum absolute atomic E-state index is 12.7. The van der Waals surface area contributed by atoms with Crippen LogP contribution in [-0.2, 0) is 10.0 Å². The number of para-hydroxylation sites is 1. The molecule has 20 heavy (non-hydrogen) atoms. The molecule has 102 valence electrons. The molecule has 1 heterocycles. The summed E-state index contributed by atoms with van der Waals surface area (Å²) in [5.41, 5.74) is 1.57. The van der Waals surface area contributed by atoms with Crippen molar-refractivity contribution in [3.05, 3.63) is 65.3 Å². The second kappa shape index (κ2) is 4.65. The fourth-order valence-corrected chi connectivity index (χ4v) is 4.12. The van der Waals surface area contributed by atoms with Crippen LogP contribution in [-0.4, -0.2) is 12.4 Å². The molecule has 3 nitrogen and oxygen atoms in total. The minimum Gasteiger partial charge on any atom is -0.241 e. The Balaban J connectivity index is 2.26. The van der Waals surface area contributed by atoms with Gasteiger partial charge in [0, 0.05) is 11.6 Å². The molecule has 0 aliphatic carbocycles. The molecule has 5 heteroatoms. The monoisotopic (exact) mass is 305 g/mol. The van der Waals surface area contributed by atoms with Crippen LogP contribution in [0, 0.1) is 6.92 Å². The topological polar surface area (TPSA) is 39.1 Å². The van der Waals surface area contributed by atoms with Gasteiger partial charge in [-0.25, -0.2) is 12.4 Å². The van der Waals surface area contributed by atoms with E-state index in [1.165, 1.54) is 3.97 Å².